The van der Waals surface area contributed by atoms with Crippen LogP contribution in [0.5, 0.6) is 0 Å². The van der Waals surface area contributed by atoms with Gasteiger partial charge in [-0.25, -0.2) is 4.68 Å². The first-order chi connectivity index (χ1) is 13.1. The lowest BCUT2D eigenvalue weighted by molar-refractivity contribution is -0.384. The summed E-state index contributed by atoms with van der Waals surface area (Å²) in [6, 6.07) is 6.66. The zero-order chi connectivity index (χ0) is 19.2. The maximum Gasteiger partial charge on any atom is 0.292 e. The molecule has 144 valence electrons. The molecule has 0 saturated carbocycles. The van der Waals surface area contributed by atoms with Crippen molar-refractivity contribution in [3.8, 4) is 0 Å². The van der Waals surface area contributed by atoms with Crippen LogP contribution >= 0.6 is 0 Å². The molecule has 0 bridgehead atoms. The van der Waals surface area contributed by atoms with Crippen LogP contribution in [0, 0.1) is 17.0 Å². The van der Waals surface area contributed by atoms with Gasteiger partial charge in [0, 0.05) is 19.2 Å². The maximum atomic E-state index is 12.4. The molecule has 1 aromatic heterocycles. The number of benzene rings is 1. The van der Waals surface area contributed by atoms with E-state index in [1.54, 1.807) is 18.2 Å². The second-order valence-corrected chi connectivity index (χ2v) is 6.41. The standard InChI is InChI=1S/C17H23N7O3/c1-12-16(21-22-23(12)13-6-8-18-9-7-13)17(25)20-11-10-19-14-4-2-3-5-15(14)24(26)27/h2-5,13,18-19H,6-11H2,1H3,(H,20,25). The minimum atomic E-state index is -0.441. The summed E-state index contributed by atoms with van der Waals surface area (Å²) in [7, 11) is 0. The Labute approximate surface area is 156 Å². The van der Waals surface area contributed by atoms with Crippen LogP contribution in [0.1, 0.15) is 35.1 Å². The molecule has 0 aliphatic carbocycles. The number of anilines is 1. The first-order valence-electron chi connectivity index (χ1n) is 8.96. The molecule has 1 aliphatic rings. The van der Waals surface area contributed by atoms with Crippen LogP contribution < -0.4 is 16.0 Å². The second kappa shape index (κ2) is 8.58. The van der Waals surface area contributed by atoms with Crippen molar-refractivity contribution in [1.82, 2.24) is 25.6 Å². The van der Waals surface area contributed by atoms with Gasteiger partial charge in [-0.3, -0.25) is 14.9 Å². The number of carbonyl (C=O) groups is 1. The highest BCUT2D eigenvalue weighted by Gasteiger charge is 2.22. The monoisotopic (exact) mass is 373 g/mol. The number of piperidine rings is 1. The van der Waals surface area contributed by atoms with Crippen LogP contribution in [0.3, 0.4) is 0 Å². The fourth-order valence-corrected chi connectivity index (χ4v) is 3.19. The van der Waals surface area contributed by atoms with Gasteiger partial charge >= 0.3 is 0 Å². The number of rotatable bonds is 7. The van der Waals surface area contributed by atoms with E-state index in [2.05, 4.69) is 26.3 Å². The summed E-state index contributed by atoms with van der Waals surface area (Å²) in [6.45, 7) is 4.39. The van der Waals surface area contributed by atoms with Crippen LogP contribution in [0.25, 0.3) is 0 Å². The highest BCUT2D eigenvalue weighted by molar-refractivity contribution is 5.93. The number of nitrogens with one attached hydrogen (secondary N) is 3. The second-order valence-electron chi connectivity index (χ2n) is 6.41. The summed E-state index contributed by atoms with van der Waals surface area (Å²) in [5, 5.41) is 28.2. The maximum absolute atomic E-state index is 12.4. The summed E-state index contributed by atoms with van der Waals surface area (Å²) >= 11 is 0. The van der Waals surface area contributed by atoms with Crippen molar-refractivity contribution < 1.29 is 9.72 Å². The van der Waals surface area contributed by atoms with Crippen molar-refractivity contribution in [3.63, 3.8) is 0 Å². The summed E-state index contributed by atoms with van der Waals surface area (Å²) in [5.41, 5.74) is 1.50. The summed E-state index contributed by atoms with van der Waals surface area (Å²) in [4.78, 5) is 22.9. The average molecular weight is 373 g/mol. The molecule has 0 radical (unpaired) electrons. The summed E-state index contributed by atoms with van der Waals surface area (Å²) < 4.78 is 1.83. The molecule has 27 heavy (non-hydrogen) atoms. The fraction of sp³-hybridized carbons (Fsp3) is 0.471. The molecule has 0 spiro atoms. The number of aromatic nitrogens is 3. The van der Waals surface area contributed by atoms with Gasteiger partial charge in [-0.15, -0.1) is 5.10 Å². The van der Waals surface area contributed by atoms with Gasteiger partial charge in [-0.1, -0.05) is 17.3 Å². The Morgan fingerprint density at radius 1 is 1.33 bits per heavy atom. The molecule has 1 amide bonds. The largest absolute Gasteiger partial charge is 0.378 e. The molecule has 0 unspecified atom stereocenters. The predicted molar refractivity (Wildman–Crippen MR) is 99.8 cm³/mol. The molecule has 1 aromatic carbocycles. The molecule has 0 atom stereocenters. The van der Waals surface area contributed by atoms with Crippen LogP contribution in [0.4, 0.5) is 11.4 Å². The van der Waals surface area contributed by atoms with Crippen molar-refractivity contribution in [1.29, 1.82) is 0 Å². The van der Waals surface area contributed by atoms with E-state index in [4.69, 9.17) is 0 Å². The van der Waals surface area contributed by atoms with Gasteiger partial charge in [0.1, 0.15) is 5.69 Å². The molecule has 1 saturated heterocycles. The minimum Gasteiger partial charge on any atom is -0.378 e. The molecule has 1 fully saturated rings. The van der Waals surface area contributed by atoms with Crippen molar-refractivity contribution in [2.45, 2.75) is 25.8 Å². The van der Waals surface area contributed by atoms with E-state index in [0.717, 1.165) is 31.6 Å². The Morgan fingerprint density at radius 3 is 2.81 bits per heavy atom. The quantitative estimate of drug-likeness (QED) is 0.379. The fourth-order valence-electron chi connectivity index (χ4n) is 3.19. The number of amides is 1. The molecule has 3 N–H and O–H groups in total. The normalized spacial score (nSPS) is 14.7. The van der Waals surface area contributed by atoms with Crippen LogP contribution in [-0.2, 0) is 0 Å². The zero-order valence-corrected chi connectivity index (χ0v) is 15.1. The Hall–Kier alpha value is -3.01. The Morgan fingerprint density at radius 2 is 2.07 bits per heavy atom. The van der Waals surface area contributed by atoms with Gasteiger partial charge < -0.3 is 16.0 Å². The van der Waals surface area contributed by atoms with Gasteiger partial charge in [-0.2, -0.15) is 0 Å². The minimum absolute atomic E-state index is 0.00425. The Bertz CT molecular complexity index is 815. The lowest BCUT2D eigenvalue weighted by Gasteiger charge is -2.23. The molecular formula is C17H23N7O3. The first-order valence-corrected chi connectivity index (χ1v) is 8.96. The number of carbonyl (C=O) groups excluding carboxylic acids is 1. The highest BCUT2D eigenvalue weighted by atomic mass is 16.6. The number of hydrogen-bond donors (Lipinski definition) is 3. The smallest absolute Gasteiger partial charge is 0.292 e. The highest BCUT2D eigenvalue weighted by Crippen LogP contribution is 2.22. The SMILES string of the molecule is Cc1c(C(=O)NCCNc2ccccc2[N+](=O)[O-])nnn1C1CCNCC1. The predicted octanol–water partition coefficient (Wildman–Crippen LogP) is 1.26. The molecule has 1 aliphatic heterocycles. The Kier molecular flexibility index (Phi) is 5.97. The van der Waals surface area contributed by atoms with E-state index < -0.39 is 4.92 Å². The molecule has 2 heterocycles. The summed E-state index contributed by atoms with van der Waals surface area (Å²) in [6.07, 6.45) is 1.93. The molecular weight excluding hydrogens is 350 g/mol. The lowest BCUT2D eigenvalue weighted by Crippen LogP contribution is -2.31. The van der Waals surface area contributed by atoms with Gasteiger partial charge in [0.15, 0.2) is 5.69 Å². The van der Waals surface area contributed by atoms with Crippen molar-refractivity contribution in [2.75, 3.05) is 31.5 Å². The lowest BCUT2D eigenvalue weighted by atomic mass is 10.1. The number of para-hydroxylation sites is 2. The van der Waals surface area contributed by atoms with E-state index in [0.29, 0.717) is 24.5 Å². The van der Waals surface area contributed by atoms with Gasteiger partial charge in [0.2, 0.25) is 0 Å². The van der Waals surface area contributed by atoms with E-state index >= 15 is 0 Å². The molecule has 10 heteroatoms. The van der Waals surface area contributed by atoms with Crippen LogP contribution in [0.15, 0.2) is 24.3 Å². The molecule has 10 nitrogen and oxygen atoms in total. The molecule has 2 aromatic rings. The van der Waals surface area contributed by atoms with Gasteiger partial charge in [0.25, 0.3) is 11.6 Å². The summed E-state index contributed by atoms with van der Waals surface area (Å²) in [5.74, 6) is -0.294. The van der Waals surface area contributed by atoms with E-state index in [1.165, 1.54) is 6.07 Å². The van der Waals surface area contributed by atoms with E-state index in [1.807, 2.05) is 11.6 Å². The van der Waals surface area contributed by atoms with Crippen molar-refractivity contribution in [2.24, 2.45) is 0 Å². The topological polar surface area (TPSA) is 127 Å². The average Bonchev–Trinajstić information content (AvgIpc) is 3.07. The van der Waals surface area contributed by atoms with E-state index in [9.17, 15) is 14.9 Å². The zero-order valence-electron chi connectivity index (χ0n) is 15.1. The third-order valence-corrected chi connectivity index (χ3v) is 4.62. The third-order valence-electron chi connectivity index (χ3n) is 4.62. The Balaban J connectivity index is 1.53. The number of nitro benzene ring substituents is 1. The van der Waals surface area contributed by atoms with Crippen LogP contribution in [-0.4, -0.2) is 52.0 Å². The van der Waals surface area contributed by atoms with Crippen LogP contribution in [0.2, 0.25) is 0 Å². The van der Waals surface area contributed by atoms with Crippen molar-refractivity contribution >= 4 is 17.3 Å². The number of nitro groups is 1. The van der Waals surface area contributed by atoms with Gasteiger partial charge in [-0.05, 0) is 38.9 Å². The first kappa shape index (κ1) is 18.8. The molecule has 3 rings (SSSR count). The third kappa shape index (κ3) is 4.40. The van der Waals surface area contributed by atoms with Gasteiger partial charge in [0.05, 0.1) is 16.7 Å². The number of nitrogens with zero attached hydrogens (tertiary/aromatic N) is 4. The van der Waals surface area contributed by atoms with E-state index in [-0.39, 0.29) is 17.6 Å². The number of hydrogen-bond acceptors (Lipinski definition) is 7. The van der Waals surface area contributed by atoms with Crippen molar-refractivity contribution in [3.05, 3.63) is 45.8 Å².